The van der Waals surface area contributed by atoms with Crippen LogP contribution in [-0.2, 0) is 14.4 Å². The molecule has 2 bridgehead atoms. The molecule has 1 saturated heterocycles. The molecule has 2 saturated carbocycles. The lowest BCUT2D eigenvalue weighted by Gasteiger charge is -2.37. The number of allylic oxidation sites excluding steroid dienone is 2. The zero-order valence-electron chi connectivity index (χ0n) is 15.8. The van der Waals surface area contributed by atoms with Crippen LogP contribution in [0.25, 0.3) is 0 Å². The van der Waals surface area contributed by atoms with Gasteiger partial charge in [0.25, 0.3) is 0 Å². The number of hydrogen-bond donors (Lipinski definition) is 1. The molecule has 5 aliphatic rings. The number of imide groups is 1. The van der Waals surface area contributed by atoms with E-state index in [1.54, 1.807) is 31.2 Å². The van der Waals surface area contributed by atoms with Crippen LogP contribution in [0.1, 0.15) is 30.6 Å². The van der Waals surface area contributed by atoms with Crippen molar-refractivity contribution in [2.45, 2.75) is 26.3 Å². The topological polar surface area (TPSA) is 83.6 Å². The third-order valence-corrected chi connectivity index (χ3v) is 7.02. The van der Waals surface area contributed by atoms with Gasteiger partial charge in [-0.05, 0) is 68.2 Å². The molecule has 1 N–H and O–H groups in total. The number of nitrogens with zero attached hydrogens (tertiary/aromatic N) is 1. The Morgan fingerprint density at radius 1 is 1.00 bits per heavy atom. The molecule has 28 heavy (non-hydrogen) atoms. The first-order valence-corrected chi connectivity index (χ1v) is 9.85. The summed E-state index contributed by atoms with van der Waals surface area (Å²) in [6.07, 6.45) is 5.36. The maximum atomic E-state index is 13.1. The highest BCUT2D eigenvalue weighted by Gasteiger charge is 2.67. The lowest BCUT2D eigenvalue weighted by molar-refractivity contribution is -0.146. The molecule has 0 unspecified atom stereocenters. The Balaban J connectivity index is 1.33. The normalized spacial score (nSPS) is 35.4. The molecule has 1 aromatic carbocycles. The van der Waals surface area contributed by atoms with E-state index in [9.17, 15) is 19.2 Å². The fourth-order valence-electron chi connectivity index (χ4n) is 5.51. The molecule has 6 rings (SSSR count). The number of carbonyl (C=O) groups is 4. The van der Waals surface area contributed by atoms with E-state index in [0.717, 1.165) is 6.42 Å². The van der Waals surface area contributed by atoms with Gasteiger partial charge in [0.15, 0.2) is 5.78 Å². The van der Waals surface area contributed by atoms with E-state index < -0.39 is 11.9 Å². The minimum Gasteiger partial charge on any atom is -0.324 e. The van der Waals surface area contributed by atoms with E-state index in [1.165, 1.54) is 11.8 Å². The van der Waals surface area contributed by atoms with Gasteiger partial charge in [0.05, 0.1) is 11.8 Å². The summed E-state index contributed by atoms with van der Waals surface area (Å²) >= 11 is 0. The lowest BCUT2D eigenvalue weighted by atomic mass is 9.63. The Bertz CT molecular complexity index is 898. The fourth-order valence-corrected chi connectivity index (χ4v) is 5.51. The van der Waals surface area contributed by atoms with Gasteiger partial charge in [0.2, 0.25) is 17.7 Å². The molecule has 7 atom stereocenters. The summed E-state index contributed by atoms with van der Waals surface area (Å²) < 4.78 is 0. The Morgan fingerprint density at radius 2 is 1.54 bits per heavy atom. The first kappa shape index (κ1) is 17.3. The second-order valence-corrected chi connectivity index (χ2v) is 8.50. The van der Waals surface area contributed by atoms with Crippen molar-refractivity contribution in [2.75, 3.05) is 5.32 Å². The number of nitrogens with one attached hydrogen (secondary N) is 1. The number of likely N-dealkylation sites (tertiary alicyclic amines) is 1. The first-order chi connectivity index (χ1) is 13.4. The van der Waals surface area contributed by atoms with Gasteiger partial charge in [-0.1, -0.05) is 12.2 Å². The number of hydrogen-bond acceptors (Lipinski definition) is 4. The SMILES string of the molecule is CC(=O)c1ccc(NC(=O)[C@H](C)N2C(=O)[C@H]3[C@@H]4C=C[C@H]([C@@H]5C[C@H]45)[C@@H]3C2=O)cc1. The summed E-state index contributed by atoms with van der Waals surface area (Å²) in [5.74, 6) is -0.0681. The van der Waals surface area contributed by atoms with E-state index in [4.69, 9.17) is 0 Å². The highest BCUT2D eigenvalue weighted by Crippen LogP contribution is 2.65. The average Bonchev–Trinajstić information content (AvgIpc) is 3.45. The van der Waals surface area contributed by atoms with Crippen LogP contribution in [0.4, 0.5) is 5.69 Å². The molecule has 1 heterocycles. The van der Waals surface area contributed by atoms with Gasteiger partial charge < -0.3 is 5.32 Å². The molecule has 6 heteroatoms. The molecule has 3 amide bonds. The number of carbonyl (C=O) groups excluding carboxylic acids is 4. The molecule has 0 spiro atoms. The van der Waals surface area contributed by atoms with Gasteiger partial charge in [-0.15, -0.1) is 0 Å². The van der Waals surface area contributed by atoms with Crippen molar-refractivity contribution < 1.29 is 19.2 Å². The van der Waals surface area contributed by atoms with E-state index in [1.807, 2.05) is 0 Å². The van der Waals surface area contributed by atoms with Crippen LogP contribution in [0.5, 0.6) is 0 Å². The largest absolute Gasteiger partial charge is 0.324 e. The quantitative estimate of drug-likeness (QED) is 0.495. The minimum absolute atomic E-state index is 0.0524. The fraction of sp³-hybridized carbons (Fsp3) is 0.455. The predicted octanol–water partition coefficient (Wildman–Crippen LogP) is 2.27. The van der Waals surface area contributed by atoms with Crippen LogP contribution < -0.4 is 5.32 Å². The summed E-state index contributed by atoms with van der Waals surface area (Å²) in [6.45, 7) is 3.08. The molecule has 4 aliphatic carbocycles. The van der Waals surface area contributed by atoms with Crippen LogP contribution in [-0.4, -0.2) is 34.4 Å². The van der Waals surface area contributed by atoms with Crippen molar-refractivity contribution >= 4 is 29.2 Å². The number of benzene rings is 1. The van der Waals surface area contributed by atoms with Crippen LogP contribution in [0.3, 0.4) is 0 Å². The van der Waals surface area contributed by atoms with Crippen LogP contribution in [0, 0.1) is 35.5 Å². The van der Waals surface area contributed by atoms with Gasteiger partial charge in [-0.2, -0.15) is 0 Å². The highest BCUT2D eigenvalue weighted by molar-refractivity contribution is 6.10. The van der Waals surface area contributed by atoms with Crippen molar-refractivity contribution in [3.05, 3.63) is 42.0 Å². The van der Waals surface area contributed by atoms with E-state index >= 15 is 0 Å². The van der Waals surface area contributed by atoms with E-state index in [2.05, 4.69) is 17.5 Å². The van der Waals surface area contributed by atoms with Gasteiger partial charge in [0, 0.05) is 11.3 Å². The molecule has 1 aliphatic heterocycles. The molecule has 0 radical (unpaired) electrons. The molecular formula is C22H22N2O4. The number of rotatable bonds is 4. The summed E-state index contributed by atoms with van der Waals surface area (Å²) in [4.78, 5) is 51.4. The number of ketones is 1. The van der Waals surface area contributed by atoms with Crippen molar-refractivity contribution in [1.82, 2.24) is 4.90 Å². The van der Waals surface area contributed by atoms with Crippen molar-refractivity contribution in [1.29, 1.82) is 0 Å². The zero-order valence-corrected chi connectivity index (χ0v) is 15.8. The Morgan fingerprint density at radius 3 is 2.04 bits per heavy atom. The monoisotopic (exact) mass is 378 g/mol. The van der Waals surface area contributed by atoms with Crippen LogP contribution >= 0.6 is 0 Å². The van der Waals surface area contributed by atoms with Crippen LogP contribution in [0.15, 0.2) is 36.4 Å². The number of anilines is 1. The first-order valence-electron chi connectivity index (χ1n) is 9.85. The lowest BCUT2D eigenvalue weighted by Crippen LogP contribution is -2.46. The van der Waals surface area contributed by atoms with Gasteiger partial charge >= 0.3 is 0 Å². The van der Waals surface area contributed by atoms with Gasteiger partial charge in [-0.3, -0.25) is 24.1 Å². The zero-order chi connectivity index (χ0) is 19.7. The highest BCUT2D eigenvalue weighted by atomic mass is 16.2. The maximum absolute atomic E-state index is 13.1. The van der Waals surface area contributed by atoms with Crippen LogP contribution in [0.2, 0.25) is 0 Å². The minimum atomic E-state index is -0.867. The Labute approximate surface area is 163 Å². The second-order valence-electron chi connectivity index (χ2n) is 8.50. The second kappa shape index (κ2) is 5.87. The van der Waals surface area contributed by atoms with Crippen molar-refractivity contribution in [3.63, 3.8) is 0 Å². The molecule has 6 nitrogen and oxygen atoms in total. The standard InChI is InChI=1S/C22H22N2O4/c1-10(20(26)23-13-5-3-12(4-6-13)11(2)25)24-21(27)18-14-7-8-15(17-9-16(14)17)19(18)22(24)28/h3-8,10,14-19H,9H2,1-2H3,(H,23,26)/t10-,14+,15+,16-,17+,18-,19-/m0/s1. The summed E-state index contributed by atoms with van der Waals surface area (Å²) in [5, 5.41) is 2.75. The van der Waals surface area contributed by atoms with Gasteiger partial charge in [0.1, 0.15) is 6.04 Å². The Hall–Kier alpha value is -2.76. The van der Waals surface area contributed by atoms with Crippen molar-refractivity contribution in [2.24, 2.45) is 35.5 Å². The summed E-state index contributed by atoms with van der Waals surface area (Å²) in [5.41, 5.74) is 1.09. The van der Waals surface area contributed by atoms with E-state index in [0.29, 0.717) is 23.1 Å². The summed E-state index contributed by atoms with van der Waals surface area (Å²) in [6, 6.07) is 5.70. The van der Waals surface area contributed by atoms with E-state index in [-0.39, 0.29) is 41.3 Å². The molecule has 144 valence electrons. The summed E-state index contributed by atoms with van der Waals surface area (Å²) in [7, 11) is 0. The molecule has 3 fully saturated rings. The third-order valence-electron chi connectivity index (χ3n) is 7.02. The molecule has 0 aromatic heterocycles. The van der Waals surface area contributed by atoms with Gasteiger partial charge in [-0.25, -0.2) is 0 Å². The number of amides is 3. The average molecular weight is 378 g/mol. The predicted molar refractivity (Wildman–Crippen MR) is 101 cm³/mol. The maximum Gasteiger partial charge on any atom is 0.247 e. The smallest absolute Gasteiger partial charge is 0.247 e. The Kier molecular flexibility index (Phi) is 3.63. The number of Topliss-reactive ketones (excluding diaryl/α,β-unsaturated/α-hetero) is 1. The molecular weight excluding hydrogens is 356 g/mol. The van der Waals surface area contributed by atoms with Crippen molar-refractivity contribution in [3.8, 4) is 0 Å². The molecule has 1 aromatic rings. The third kappa shape index (κ3) is 2.33.